The molecular formula is C18H16OS. The van der Waals surface area contributed by atoms with Crippen molar-refractivity contribution in [1.82, 2.24) is 0 Å². The SMILES string of the molecule is OC1(c2cccc3ccsc23)CCc2ccccc2C1. The summed E-state index contributed by atoms with van der Waals surface area (Å²) < 4.78 is 1.23. The first-order valence-corrected chi connectivity index (χ1v) is 7.90. The number of thiophene rings is 1. The quantitative estimate of drug-likeness (QED) is 0.705. The van der Waals surface area contributed by atoms with Crippen molar-refractivity contribution in [2.45, 2.75) is 24.9 Å². The lowest BCUT2D eigenvalue weighted by Gasteiger charge is -2.34. The summed E-state index contributed by atoms with van der Waals surface area (Å²) in [5.41, 5.74) is 3.04. The zero-order valence-electron chi connectivity index (χ0n) is 11.2. The predicted molar refractivity (Wildman–Crippen MR) is 84.2 cm³/mol. The summed E-state index contributed by atoms with van der Waals surface area (Å²) in [6.07, 6.45) is 2.48. The molecule has 1 aliphatic rings. The number of benzene rings is 2. The highest BCUT2D eigenvalue weighted by Gasteiger charge is 2.35. The minimum absolute atomic E-state index is 0.722. The van der Waals surface area contributed by atoms with Crippen molar-refractivity contribution < 1.29 is 5.11 Å². The van der Waals surface area contributed by atoms with Crippen LogP contribution in [0.3, 0.4) is 0 Å². The molecule has 0 saturated carbocycles. The number of aliphatic hydroxyl groups is 1. The molecule has 2 heteroatoms. The third-order valence-electron chi connectivity index (χ3n) is 4.39. The summed E-state index contributed by atoms with van der Waals surface area (Å²) in [6, 6.07) is 16.9. The lowest BCUT2D eigenvalue weighted by atomic mass is 9.76. The zero-order chi connectivity index (χ0) is 13.6. The fraction of sp³-hybridized carbons (Fsp3) is 0.222. The van der Waals surface area contributed by atoms with Gasteiger partial charge in [-0.1, -0.05) is 42.5 Å². The van der Waals surface area contributed by atoms with E-state index in [4.69, 9.17) is 0 Å². The Kier molecular flexibility index (Phi) is 2.69. The Morgan fingerprint density at radius 3 is 2.70 bits per heavy atom. The third-order valence-corrected chi connectivity index (χ3v) is 5.35. The highest BCUT2D eigenvalue weighted by Crippen LogP contribution is 2.40. The molecule has 0 fully saturated rings. The average molecular weight is 280 g/mol. The Hall–Kier alpha value is -1.64. The van der Waals surface area contributed by atoms with Crippen LogP contribution in [0.25, 0.3) is 10.1 Å². The monoisotopic (exact) mass is 280 g/mol. The minimum Gasteiger partial charge on any atom is -0.385 e. The molecule has 0 amide bonds. The van der Waals surface area contributed by atoms with Gasteiger partial charge in [0, 0.05) is 16.7 Å². The summed E-state index contributed by atoms with van der Waals surface area (Å²) in [7, 11) is 0. The molecule has 1 N–H and O–H groups in total. The van der Waals surface area contributed by atoms with Crippen LogP contribution in [-0.2, 0) is 18.4 Å². The van der Waals surface area contributed by atoms with Gasteiger partial charge in [-0.2, -0.15) is 0 Å². The van der Waals surface area contributed by atoms with Crippen LogP contribution in [0.15, 0.2) is 53.9 Å². The molecule has 2 aromatic carbocycles. The van der Waals surface area contributed by atoms with Crippen LogP contribution < -0.4 is 0 Å². The van der Waals surface area contributed by atoms with Gasteiger partial charge in [0.2, 0.25) is 0 Å². The molecular weight excluding hydrogens is 264 g/mol. The van der Waals surface area contributed by atoms with Crippen molar-refractivity contribution in [3.8, 4) is 0 Å². The van der Waals surface area contributed by atoms with Gasteiger partial charge in [0.1, 0.15) is 0 Å². The summed E-state index contributed by atoms with van der Waals surface area (Å²) >= 11 is 1.73. The first kappa shape index (κ1) is 12.1. The second-order valence-corrected chi connectivity index (χ2v) is 6.54. The smallest absolute Gasteiger partial charge is 0.0953 e. The standard InChI is InChI=1S/C18H16OS/c19-18(10-8-13-4-1-2-5-15(13)12-18)16-7-3-6-14-9-11-20-17(14)16/h1-7,9,11,19H,8,10,12H2. The molecule has 1 aromatic heterocycles. The highest BCUT2D eigenvalue weighted by atomic mass is 32.1. The first-order chi connectivity index (χ1) is 9.76. The summed E-state index contributed by atoms with van der Waals surface area (Å²) in [6.45, 7) is 0. The normalized spacial score (nSPS) is 21.9. The maximum absolute atomic E-state index is 11.2. The topological polar surface area (TPSA) is 20.2 Å². The Morgan fingerprint density at radius 1 is 0.950 bits per heavy atom. The van der Waals surface area contributed by atoms with Crippen LogP contribution >= 0.6 is 11.3 Å². The number of fused-ring (bicyclic) bond motifs is 2. The van der Waals surface area contributed by atoms with Gasteiger partial charge in [-0.25, -0.2) is 0 Å². The van der Waals surface area contributed by atoms with Crippen molar-refractivity contribution in [3.63, 3.8) is 0 Å². The van der Waals surface area contributed by atoms with E-state index in [1.165, 1.54) is 21.2 Å². The molecule has 0 radical (unpaired) electrons. The van der Waals surface area contributed by atoms with Crippen LogP contribution in [0, 0.1) is 0 Å². The van der Waals surface area contributed by atoms with Gasteiger partial charge in [-0.3, -0.25) is 0 Å². The van der Waals surface area contributed by atoms with Crippen LogP contribution in [0.4, 0.5) is 0 Å². The molecule has 3 aromatic rings. The van der Waals surface area contributed by atoms with E-state index in [1.54, 1.807) is 11.3 Å². The molecule has 100 valence electrons. The van der Waals surface area contributed by atoms with Crippen molar-refractivity contribution >= 4 is 21.4 Å². The Balaban J connectivity index is 1.84. The first-order valence-electron chi connectivity index (χ1n) is 7.02. The maximum Gasteiger partial charge on any atom is 0.0953 e. The molecule has 0 aliphatic heterocycles. The Bertz CT molecular complexity index is 774. The molecule has 0 spiro atoms. The number of rotatable bonds is 1. The fourth-order valence-electron chi connectivity index (χ4n) is 3.31. The van der Waals surface area contributed by atoms with Crippen LogP contribution in [0.1, 0.15) is 23.1 Å². The van der Waals surface area contributed by atoms with E-state index in [2.05, 4.69) is 53.9 Å². The molecule has 4 rings (SSSR count). The maximum atomic E-state index is 11.2. The molecule has 20 heavy (non-hydrogen) atoms. The second-order valence-electron chi connectivity index (χ2n) is 5.62. The van der Waals surface area contributed by atoms with Gasteiger partial charge in [-0.05, 0) is 40.8 Å². The van der Waals surface area contributed by atoms with E-state index in [1.807, 2.05) is 0 Å². The summed E-state index contributed by atoms with van der Waals surface area (Å²) in [5.74, 6) is 0. The van der Waals surface area contributed by atoms with Gasteiger partial charge >= 0.3 is 0 Å². The van der Waals surface area contributed by atoms with Gasteiger partial charge in [-0.15, -0.1) is 11.3 Å². The van der Waals surface area contributed by atoms with Gasteiger partial charge in [0.25, 0.3) is 0 Å². The van der Waals surface area contributed by atoms with E-state index >= 15 is 0 Å². The Labute approximate surface area is 122 Å². The largest absolute Gasteiger partial charge is 0.385 e. The number of hydrogen-bond acceptors (Lipinski definition) is 2. The molecule has 0 saturated heterocycles. The van der Waals surface area contributed by atoms with E-state index < -0.39 is 5.60 Å². The Morgan fingerprint density at radius 2 is 1.80 bits per heavy atom. The van der Waals surface area contributed by atoms with Crippen molar-refractivity contribution in [2.75, 3.05) is 0 Å². The number of hydrogen-bond donors (Lipinski definition) is 1. The van der Waals surface area contributed by atoms with Crippen molar-refractivity contribution in [2.24, 2.45) is 0 Å². The zero-order valence-corrected chi connectivity index (χ0v) is 12.0. The van der Waals surface area contributed by atoms with Gasteiger partial charge < -0.3 is 5.11 Å². The summed E-state index contributed by atoms with van der Waals surface area (Å²) in [4.78, 5) is 0. The van der Waals surface area contributed by atoms with Crippen LogP contribution in [0.2, 0.25) is 0 Å². The highest BCUT2D eigenvalue weighted by molar-refractivity contribution is 7.17. The van der Waals surface area contributed by atoms with E-state index in [0.29, 0.717) is 0 Å². The lowest BCUT2D eigenvalue weighted by Crippen LogP contribution is -2.33. The minimum atomic E-state index is -0.723. The van der Waals surface area contributed by atoms with Crippen LogP contribution in [0.5, 0.6) is 0 Å². The van der Waals surface area contributed by atoms with E-state index in [-0.39, 0.29) is 0 Å². The molecule has 0 bridgehead atoms. The van der Waals surface area contributed by atoms with Gasteiger partial charge in [0.15, 0.2) is 0 Å². The fourth-order valence-corrected chi connectivity index (χ4v) is 4.32. The van der Waals surface area contributed by atoms with E-state index in [9.17, 15) is 5.11 Å². The van der Waals surface area contributed by atoms with E-state index in [0.717, 1.165) is 24.8 Å². The average Bonchev–Trinajstić information content (AvgIpc) is 2.95. The second kappa shape index (κ2) is 4.44. The molecule has 1 nitrogen and oxygen atoms in total. The molecule has 1 unspecified atom stereocenters. The molecule has 1 heterocycles. The molecule has 1 atom stereocenters. The van der Waals surface area contributed by atoms with Gasteiger partial charge in [0.05, 0.1) is 5.60 Å². The molecule has 1 aliphatic carbocycles. The predicted octanol–water partition coefficient (Wildman–Crippen LogP) is 4.28. The van der Waals surface area contributed by atoms with Crippen molar-refractivity contribution in [3.05, 3.63) is 70.6 Å². The third kappa shape index (κ3) is 1.80. The summed E-state index contributed by atoms with van der Waals surface area (Å²) in [5, 5.41) is 14.6. The number of aryl methyl sites for hydroxylation is 1. The van der Waals surface area contributed by atoms with Crippen molar-refractivity contribution in [1.29, 1.82) is 0 Å². The van der Waals surface area contributed by atoms with Crippen LogP contribution in [-0.4, -0.2) is 5.11 Å². The lowest BCUT2D eigenvalue weighted by molar-refractivity contribution is 0.0239.